The molecule has 2 unspecified atom stereocenters. The zero-order chi connectivity index (χ0) is 13.1. The number of aryl methyl sites for hydroxylation is 1. The minimum Gasteiger partial charge on any atom is -0.316 e. The van der Waals surface area contributed by atoms with Crippen molar-refractivity contribution in [3.05, 3.63) is 18.0 Å². The van der Waals surface area contributed by atoms with Crippen LogP contribution in [-0.4, -0.2) is 40.9 Å². The van der Waals surface area contributed by atoms with Crippen LogP contribution in [0.3, 0.4) is 0 Å². The zero-order valence-electron chi connectivity index (χ0n) is 12.0. The summed E-state index contributed by atoms with van der Waals surface area (Å²) >= 11 is 0. The molecule has 106 valence electrons. The lowest BCUT2D eigenvalue weighted by molar-refractivity contribution is 0.111. The van der Waals surface area contributed by atoms with Crippen LogP contribution in [0.2, 0.25) is 0 Å². The third-order valence-electron chi connectivity index (χ3n) is 4.71. The molecule has 2 saturated heterocycles. The molecule has 0 aromatic carbocycles. The maximum atomic E-state index is 4.35. The van der Waals surface area contributed by atoms with E-state index in [-0.39, 0.29) is 0 Å². The second-order valence-corrected chi connectivity index (χ2v) is 6.10. The number of hydrogen-bond acceptors (Lipinski definition) is 3. The predicted octanol–water partition coefficient (Wildman–Crippen LogP) is 1.95. The van der Waals surface area contributed by atoms with Gasteiger partial charge in [0.15, 0.2) is 0 Å². The van der Waals surface area contributed by atoms with Crippen LogP contribution in [0.5, 0.6) is 0 Å². The Bertz CT molecular complexity index is 395. The Labute approximate surface area is 116 Å². The third-order valence-corrected chi connectivity index (χ3v) is 4.71. The monoisotopic (exact) mass is 262 g/mol. The highest BCUT2D eigenvalue weighted by Crippen LogP contribution is 2.31. The molecule has 3 heterocycles. The molecule has 4 nitrogen and oxygen atoms in total. The minimum absolute atomic E-state index is 0.586. The largest absolute Gasteiger partial charge is 0.316 e. The lowest BCUT2D eigenvalue weighted by atomic mass is 9.94. The molecule has 0 bridgehead atoms. The van der Waals surface area contributed by atoms with E-state index < -0.39 is 0 Å². The molecule has 3 rings (SSSR count). The van der Waals surface area contributed by atoms with E-state index in [2.05, 4.69) is 33.1 Å². The first-order valence-corrected chi connectivity index (χ1v) is 7.77. The number of nitrogens with zero attached hydrogens (tertiary/aromatic N) is 3. The first-order valence-electron chi connectivity index (χ1n) is 7.77. The van der Waals surface area contributed by atoms with Gasteiger partial charge in [0.05, 0.1) is 11.7 Å². The van der Waals surface area contributed by atoms with Crippen LogP contribution in [0.4, 0.5) is 0 Å². The number of likely N-dealkylation sites (tertiary alicyclic amines) is 1. The van der Waals surface area contributed by atoms with Crippen LogP contribution >= 0.6 is 0 Å². The summed E-state index contributed by atoms with van der Waals surface area (Å²) in [4.78, 5) is 2.71. The van der Waals surface area contributed by atoms with Crippen molar-refractivity contribution in [2.75, 3.05) is 26.2 Å². The third kappa shape index (κ3) is 3.00. The molecule has 2 aliphatic rings. The number of hydrogen-bond donors (Lipinski definition) is 1. The SMILES string of the molecule is Cn1nccc1C1CCCCN1CC1CCCNC1. The minimum atomic E-state index is 0.586. The summed E-state index contributed by atoms with van der Waals surface area (Å²) < 4.78 is 2.06. The standard InChI is InChI=1S/C15H26N4/c1-18-14(7-9-17-18)15-6-2-3-10-19(15)12-13-5-4-8-16-11-13/h7,9,13,15-16H,2-6,8,10-12H2,1H3. The lowest BCUT2D eigenvalue weighted by Gasteiger charge is -2.38. The van der Waals surface area contributed by atoms with E-state index in [1.807, 2.05) is 6.20 Å². The molecule has 0 aliphatic carbocycles. The first-order chi connectivity index (χ1) is 9.34. The summed E-state index contributed by atoms with van der Waals surface area (Å²) in [7, 11) is 2.07. The highest BCUT2D eigenvalue weighted by molar-refractivity contribution is 5.08. The van der Waals surface area contributed by atoms with E-state index in [0.717, 1.165) is 5.92 Å². The Hall–Kier alpha value is -0.870. The molecule has 4 heteroatoms. The van der Waals surface area contributed by atoms with Gasteiger partial charge in [0.2, 0.25) is 0 Å². The van der Waals surface area contributed by atoms with Gasteiger partial charge in [-0.25, -0.2) is 0 Å². The summed E-state index contributed by atoms with van der Waals surface area (Å²) in [6.45, 7) is 4.92. The smallest absolute Gasteiger partial charge is 0.0552 e. The van der Waals surface area contributed by atoms with Gasteiger partial charge in [-0.2, -0.15) is 5.10 Å². The van der Waals surface area contributed by atoms with Gasteiger partial charge in [-0.15, -0.1) is 0 Å². The molecule has 0 amide bonds. The molecule has 0 spiro atoms. The van der Waals surface area contributed by atoms with E-state index in [1.54, 1.807) is 0 Å². The first kappa shape index (κ1) is 13.1. The van der Waals surface area contributed by atoms with E-state index in [0.29, 0.717) is 6.04 Å². The quantitative estimate of drug-likeness (QED) is 0.904. The average molecular weight is 262 g/mol. The number of aromatic nitrogens is 2. The second kappa shape index (κ2) is 6.06. The van der Waals surface area contributed by atoms with Crippen molar-refractivity contribution in [2.45, 2.75) is 38.1 Å². The highest BCUT2D eigenvalue weighted by Gasteiger charge is 2.28. The second-order valence-electron chi connectivity index (χ2n) is 6.10. The van der Waals surface area contributed by atoms with Crippen LogP contribution in [0, 0.1) is 5.92 Å². The van der Waals surface area contributed by atoms with E-state index in [4.69, 9.17) is 0 Å². The van der Waals surface area contributed by atoms with Gasteiger partial charge in [-0.05, 0) is 57.3 Å². The summed E-state index contributed by atoms with van der Waals surface area (Å²) in [6, 6.07) is 2.78. The van der Waals surface area contributed by atoms with Gasteiger partial charge in [-0.3, -0.25) is 9.58 Å². The van der Waals surface area contributed by atoms with Gasteiger partial charge in [0.25, 0.3) is 0 Å². The maximum absolute atomic E-state index is 4.35. The lowest BCUT2D eigenvalue weighted by Crippen LogP contribution is -2.42. The molecule has 2 fully saturated rings. The van der Waals surface area contributed by atoms with E-state index in [1.165, 1.54) is 64.0 Å². The number of rotatable bonds is 3. The van der Waals surface area contributed by atoms with Crippen molar-refractivity contribution in [1.82, 2.24) is 20.0 Å². The summed E-state index contributed by atoms with van der Waals surface area (Å²) in [5.41, 5.74) is 1.39. The molecule has 1 N–H and O–H groups in total. The Balaban J connectivity index is 1.68. The Kier molecular flexibility index (Phi) is 4.18. The average Bonchev–Trinajstić information content (AvgIpc) is 2.87. The molecular weight excluding hydrogens is 236 g/mol. The fraction of sp³-hybridized carbons (Fsp3) is 0.800. The molecule has 1 aromatic rings. The topological polar surface area (TPSA) is 33.1 Å². The van der Waals surface area contributed by atoms with Gasteiger partial charge in [0, 0.05) is 19.8 Å². The van der Waals surface area contributed by atoms with Crippen LogP contribution in [0.25, 0.3) is 0 Å². The predicted molar refractivity (Wildman–Crippen MR) is 77.0 cm³/mol. The molecule has 0 saturated carbocycles. The molecule has 19 heavy (non-hydrogen) atoms. The normalized spacial score (nSPS) is 29.5. The van der Waals surface area contributed by atoms with Crippen molar-refractivity contribution in [3.8, 4) is 0 Å². The van der Waals surface area contributed by atoms with Gasteiger partial charge in [-0.1, -0.05) is 6.42 Å². The number of piperidine rings is 2. The Morgan fingerprint density at radius 3 is 3.00 bits per heavy atom. The Morgan fingerprint density at radius 2 is 2.26 bits per heavy atom. The van der Waals surface area contributed by atoms with Crippen molar-refractivity contribution in [2.24, 2.45) is 13.0 Å². The van der Waals surface area contributed by atoms with Gasteiger partial charge < -0.3 is 5.32 Å². The van der Waals surface area contributed by atoms with Crippen LogP contribution < -0.4 is 5.32 Å². The summed E-state index contributed by atoms with van der Waals surface area (Å²) in [6.07, 6.45) is 8.67. The van der Waals surface area contributed by atoms with Crippen molar-refractivity contribution in [1.29, 1.82) is 0 Å². The van der Waals surface area contributed by atoms with Crippen LogP contribution in [-0.2, 0) is 7.05 Å². The molecule has 2 atom stereocenters. The van der Waals surface area contributed by atoms with Crippen LogP contribution in [0.15, 0.2) is 12.3 Å². The Morgan fingerprint density at radius 1 is 1.32 bits per heavy atom. The molecular formula is C15H26N4. The zero-order valence-corrected chi connectivity index (χ0v) is 12.0. The number of nitrogens with one attached hydrogen (secondary N) is 1. The fourth-order valence-electron chi connectivity index (χ4n) is 3.67. The van der Waals surface area contributed by atoms with E-state index in [9.17, 15) is 0 Å². The van der Waals surface area contributed by atoms with Crippen molar-refractivity contribution >= 4 is 0 Å². The summed E-state index contributed by atoms with van der Waals surface area (Å²) in [5, 5.41) is 7.89. The van der Waals surface area contributed by atoms with Gasteiger partial charge in [0.1, 0.15) is 0 Å². The van der Waals surface area contributed by atoms with Crippen LogP contribution in [0.1, 0.15) is 43.8 Å². The van der Waals surface area contributed by atoms with E-state index >= 15 is 0 Å². The van der Waals surface area contributed by atoms with Crippen molar-refractivity contribution in [3.63, 3.8) is 0 Å². The van der Waals surface area contributed by atoms with Gasteiger partial charge >= 0.3 is 0 Å². The molecule has 0 radical (unpaired) electrons. The maximum Gasteiger partial charge on any atom is 0.0552 e. The van der Waals surface area contributed by atoms with Crippen molar-refractivity contribution < 1.29 is 0 Å². The highest BCUT2D eigenvalue weighted by atomic mass is 15.3. The summed E-state index contributed by atoms with van der Waals surface area (Å²) in [5.74, 6) is 0.836. The molecule has 1 aromatic heterocycles. The molecule has 2 aliphatic heterocycles. The fourth-order valence-corrected chi connectivity index (χ4v) is 3.67.